The van der Waals surface area contributed by atoms with Crippen LogP contribution in [0.15, 0.2) is 54.6 Å². The lowest BCUT2D eigenvalue weighted by atomic mass is 10.0. The maximum absolute atomic E-state index is 12.9. The maximum Gasteiger partial charge on any atom is 0.305 e. The van der Waals surface area contributed by atoms with E-state index in [0.29, 0.717) is 32.6 Å². The zero-order valence-corrected chi connectivity index (χ0v) is 18.4. The Morgan fingerprint density at radius 3 is 2.42 bits per heavy atom. The van der Waals surface area contributed by atoms with E-state index in [1.807, 2.05) is 19.1 Å². The zero-order chi connectivity index (χ0) is 22.5. The number of rotatable bonds is 7. The minimum Gasteiger partial charge on any atom is -0.494 e. The van der Waals surface area contributed by atoms with E-state index in [4.69, 9.17) is 27.9 Å². The van der Waals surface area contributed by atoms with Gasteiger partial charge in [0.15, 0.2) is 0 Å². The Hall–Kier alpha value is -3.09. The number of carboxylic acids is 1. The van der Waals surface area contributed by atoms with Gasteiger partial charge in [0.1, 0.15) is 17.1 Å². The molecule has 0 aliphatic rings. The highest BCUT2D eigenvalue weighted by Gasteiger charge is 2.21. The second kappa shape index (κ2) is 9.81. The summed E-state index contributed by atoms with van der Waals surface area (Å²) in [5.74, 6) is -1.11. The number of halogens is 2. The standard InChI is InChI=1S/C23H20Cl2N2O4/c1-13-3-5-14(6-4-13)19(12-21(28)29)27-23(30)18-9-10-20(31-2)22(26-18)16-8-7-15(24)11-17(16)25/h3-11,19H,12H2,1-2H3,(H,27,30)(H,28,29). The van der Waals surface area contributed by atoms with E-state index in [1.165, 1.54) is 13.2 Å². The molecular weight excluding hydrogens is 439 g/mol. The van der Waals surface area contributed by atoms with Crippen molar-refractivity contribution >= 4 is 35.1 Å². The Balaban J connectivity index is 1.94. The minimum absolute atomic E-state index is 0.101. The summed E-state index contributed by atoms with van der Waals surface area (Å²) in [4.78, 5) is 28.7. The summed E-state index contributed by atoms with van der Waals surface area (Å²) in [6, 6.07) is 14.7. The minimum atomic E-state index is -1.03. The summed E-state index contributed by atoms with van der Waals surface area (Å²) < 4.78 is 5.37. The van der Waals surface area contributed by atoms with E-state index in [-0.39, 0.29) is 12.1 Å². The number of carbonyl (C=O) groups excluding carboxylic acids is 1. The number of pyridine rings is 1. The number of aryl methyl sites for hydroxylation is 1. The fourth-order valence-electron chi connectivity index (χ4n) is 3.07. The van der Waals surface area contributed by atoms with Crippen molar-refractivity contribution in [2.24, 2.45) is 0 Å². The number of hydrogen-bond acceptors (Lipinski definition) is 4. The molecule has 6 nitrogen and oxygen atoms in total. The Morgan fingerprint density at radius 2 is 1.81 bits per heavy atom. The number of nitrogens with zero attached hydrogens (tertiary/aromatic N) is 1. The summed E-state index contributed by atoms with van der Waals surface area (Å²) in [7, 11) is 1.49. The molecule has 2 aromatic carbocycles. The van der Waals surface area contributed by atoms with Crippen molar-refractivity contribution in [1.82, 2.24) is 10.3 Å². The van der Waals surface area contributed by atoms with Gasteiger partial charge < -0.3 is 15.2 Å². The quantitative estimate of drug-likeness (QED) is 0.500. The first-order valence-electron chi connectivity index (χ1n) is 9.38. The molecule has 1 heterocycles. The molecule has 2 N–H and O–H groups in total. The number of aromatic nitrogens is 1. The summed E-state index contributed by atoms with van der Waals surface area (Å²) in [5, 5.41) is 12.9. The van der Waals surface area contributed by atoms with Gasteiger partial charge in [-0.25, -0.2) is 4.98 Å². The third-order valence-corrected chi connectivity index (χ3v) is 5.21. The van der Waals surface area contributed by atoms with Crippen LogP contribution in [0.5, 0.6) is 5.75 Å². The molecular formula is C23H20Cl2N2O4. The van der Waals surface area contributed by atoms with Crippen molar-refractivity contribution in [1.29, 1.82) is 0 Å². The van der Waals surface area contributed by atoms with E-state index < -0.39 is 17.9 Å². The van der Waals surface area contributed by atoms with Crippen LogP contribution in [-0.2, 0) is 4.79 Å². The van der Waals surface area contributed by atoms with E-state index in [0.717, 1.165) is 5.56 Å². The smallest absolute Gasteiger partial charge is 0.305 e. The van der Waals surface area contributed by atoms with Crippen molar-refractivity contribution in [3.8, 4) is 17.0 Å². The highest BCUT2D eigenvalue weighted by atomic mass is 35.5. The lowest BCUT2D eigenvalue weighted by Gasteiger charge is -2.18. The van der Waals surface area contributed by atoms with E-state index in [1.54, 1.807) is 36.4 Å². The van der Waals surface area contributed by atoms with Gasteiger partial charge in [-0.1, -0.05) is 53.0 Å². The van der Waals surface area contributed by atoms with Crippen LogP contribution in [0.25, 0.3) is 11.3 Å². The molecule has 0 spiro atoms. The summed E-state index contributed by atoms with van der Waals surface area (Å²) in [6.07, 6.45) is -0.263. The molecule has 160 valence electrons. The lowest BCUT2D eigenvalue weighted by Crippen LogP contribution is -2.31. The molecule has 0 aliphatic carbocycles. The van der Waals surface area contributed by atoms with Crippen LogP contribution in [-0.4, -0.2) is 29.1 Å². The Labute approximate surface area is 189 Å². The summed E-state index contributed by atoms with van der Waals surface area (Å²) >= 11 is 12.3. The number of aliphatic carboxylic acids is 1. The monoisotopic (exact) mass is 458 g/mol. The van der Waals surface area contributed by atoms with Crippen LogP contribution in [0.3, 0.4) is 0 Å². The molecule has 1 aromatic heterocycles. The van der Waals surface area contributed by atoms with Crippen LogP contribution in [0.1, 0.15) is 34.1 Å². The highest BCUT2D eigenvalue weighted by Crippen LogP contribution is 2.35. The largest absolute Gasteiger partial charge is 0.494 e. The second-order valence-electron chi connectivity index (χ2n) is 6.91. The van der Waals surface area contributed by atoms with Gasteiger partial charge in [0.25, 0.3) is 5.91 Å². The average molecular weight is 459 g/mol. The van der Waals surface area contributed by atoms with Crippen LogP contribution in [0.2, 0.25) is 10.0 Å². The molecule has 3 rings (SSSR count). The topological polar surface area (TPSA) is 88.5 Å². The van der Waals surface area contributed by atoms with Gasteiger partial charge in [0.05, 0.1) is 24.6 Å². The number of carboxylic acid groups (broad SMARTS) is 1. The van der Waals surface area contributed by atoms with Gasteiger partial charge >= 0.3 is 5.97 Å². The summed E-state index contributed by atoms with van der Waals surface area (Å²) in [6.45, 7) is 1.93. The third-order valence-electron chi connectivity index (χ3n) is 4.66. The number of benzene rings is 2. The van der Waals surface area contributed by atoms with Crippen LogP contribution >= 0.6 is 23.2 Å². The van der Waals surface area contributed by atoms with E-state index in [9.17, 15) is 14.7 Å². The number of carbonyl (C=O) groups is 2. The molecule has 0 saturated heterocycles. The fraction of sp³-hybridized carbons (Fsp3) is 0.174. The molecule has 8 heteroatoms. The van der Waals surface area contributed by atoms with Crippen LogP contribution in [0.4, 0.5) is 0 Å². The number of amides is 1. The van der Waals surface area contributed by atoms with Crippen molar-refractivity contribution in [2.75, 3.05) is 7.11 Å². The van der Waals surface area contributed by atoms with Gasteiger partial charge in [-0.2, -0.15) is 0 Å². The predicted molar refractivity (Wildman–Crippen MR) is 120 cm³/mol. The molecule has 31 heavy (non-hydrogen) atoms. The van der Waals surface area contributed by atoms with Crippen molar-refractivity contribution in [3.63, 3.8) is 0 Å². The van der Waals surface area contributed by atoms with Gasteiger partial charge in [-0.3, -0.25) is 9.59 Å². The molecule has 1 amide bonds. The second-order valence-corrected chi connectivity index (χ2v) is 7.75. The van der Waals surface area contributed by atoms with Crippen LogP contribution in [0, 0.1) is 6.92 Å². The maximum atomic E-state index is 12.9. The Kier molecular flexibility index (Phi) is 7.15. The van der Waals surface area contributed by atoms with Gasteiger partial charge in [-0.15, -0.1) is 0 Å². The van der Waals surface area contributed by atoms with Crippen molar-refractivity contribution < 1.29 is 19.4 Å². The number of ether oxygens (including phenoxy) is 1. The fourth-order valence-corrected chi connectivity index (χ4v) is 3.57. The highest BCUT2D eigenvalue weighted by molar-refractivity contribution is 6.36. The van der Waals surface area contributed by atoms with E-state index >= 15 is 0 Å². The normalized spacial score (nSPS) is 11.6. The van der Waals surface area contributed by atoms with Gasteiger partial charge in [0.2, 0.25) is 0 Å². The molecule has 1 atom stereocenters. The van der Waals surface area contributed by atoms with Gasteiger partial charge in [-0.05, 0) is 42.8 Å². The third kappa shape index (κ3) is 5.54. The molecule has 1 unspecified atom stereocenters. The Morgan fingerprint density at radius 1 is 1.10 bits per heavy atom. The number of nitrogens with one attached hydrogen (secondary N) is 1. The number of hydrogen-bond donors (Lipinski definition) is 2. The first-order chi connectivity index (χ1) is 14.8. The molecule has 0 fully saturated rings. The average Bonchev–Trinajstić information content (AvgIpc) is 2.73. The lowest BCUT2D eigenvalue weighted by molar-refractivity contribution is -0.137. The first kappa shape index (κ1) is 22.6. The van der Waals surface area contributed by atoms with Crippen molar-refractivity contribution in [2.45, 2.75) is 19.4 Å². The van der Waals surface area contributed by atoms with Crippen LogP contribution < -0.4 is 10.1 Å². The molecule has 3 aromatic rings. The van der Waals surface area contributed by atoms with Crippen molar-refractivity contribution in [3.05, 3.63) is 81.5 Å². The molecule has 0 saturated carbocycles. The molecule has 0 bridgehead atoms. The molecule has 0 radical (unpaired) electrons. The number of methoxy groups -OCH3 is 1. The molecule has 0 aliphatic heterocycles. The predicted octanol–water partition coefficient (Wildman–Crippen LogP) is 5.32. The SMILES string of the molecule is COc1ccc(C(=O)NC(CC(=O)O)c2ccc(C)cc2)nc1-c1ccc(Cl)cc1Cl. The summed E-state index contributed by atoms with van der Waals surface area (Å²) in [5.41, 5.74) is 2.76. The van der Waals surface area contributed by atoms with E-state index in [2.05, 4.69) is 10.3 Å². The first-order valence-corrected chi connectivity index (χ1v) is 10.1. The Bertz CT molecular complexity index is 1120. The zero-order valence-electron chi connectivity index (χ0n) is 16.9. The van der Waals surface area contributed by atoms with Gasteiger partial charge in [0, 0.05) is 10.6 Å².